The van der Waals surface area contributed by atoms with Gasteiger partial charge in [-0.3, -0.25) is 0 Å². The molecular weight excluding hydrogens is 201 g/mol. The number of benzene rings is 1. The van der Waals surface area contributed by atoms with Crippen molar-refractivity contribution in [2.24, 2.45) is 0 Å². The summed E-state index contributed by atoms with van der Waals surface area (Å²) in [7, 11) is 1.85. The summed E-state index contributed by atoms with van der Waals surface area (Å²) in [6.07, 6.45) is 3.61. The Labute approximate surface area is 88.6 Å². The van der Waals surface area contributed by atoms with E-state index in [-0.39, 0.29) is 16.9 Å². The minimum atomic E-state index is -0.367. The van der Waals surface area contributed by atoms with Gasteiger partial charge in [-0.1, -0.05) is 35.9 Å². The maximum atomic E-state index is 13.4. The molecule has 0 fully saturated rings. The van der Waals surface area contributed by atoms with Crippen LogP contribution in [0.2, 0.25) is 5.02 Å². The van der Waals surface area contributed by atoms with Gasteiger partial charge < -0.3 is 5.32 Å². The molecule has 0 saturated carbocycles. The van der Waals surface area contributed by atoms with Crippen LogP contribution in [0.1, 0.15) is 12.5 Å². The third-order valence-electron chi connectivity index (χ3n) is 2.00. The zero-order valence-electron chi connectivity index (χ0n) is 8.22. The maximum absolute atomic E-state index is 13.4. The SMILES string of the molecule is CNC(C)/C=C/c1cccc(Cl)c1F. The number of rotatable bonds is 3. The molecule has 0 radical (unpaired) electrons. The molecule has 1 nitrogen and oxygen atoms in total. The molecule has 0 saturated heterocycles. The molecule has 1 atom stereocenters. The molecule has 0 heterocycles. The second-order valence-corrected chi connectivity index (χ2v) is 3.49. The molecule has 1 unspecified atom stereocenters. The van der Waals surface area contributed by atoms with Crippen molar-refractivity contribution in [3.05, 3.63) is 40.7 Å². The fourth-order valence-corrected chi connectivity index (χ4v) is 1.18. The molecule has 0 aliphatic heterocycles. The van der Waals surface area contributed by atoms with Crippen molar-refractivity contribution >= 4 is 17.7 Å². The highest BCUT2D eigenvalue weighted by molar-refractivity contribution is 6.30. The van der Waals surface area contributed by atoms with Crippen LogP contribution in [0.15, 0.2) is 24.3 Å². The average molecular weight is 214 g/mol. The molecule has 0 aromatic heterocycles. The summed E-state index contributed by atoms with van der Waals surface area (Å²) in [5, 5.41) is 3.18. The summed E-state index contributed by atoms with van der Waals surface area (Å²) < 4.78 is 13.4. The molecule has 0 amide bonds. The molecule has 1 N–H and O–H groups in total. The van der Waals surface area contributed by atoms with Crippen LogP contribution in [0, 0.1) is 5.82 Å². The van der Waals surface area contributed by atoms with Gasteiger partial charge in [-0.05, 0) is 20.0 Å². The van der Waals surface area contributed by atoms with Gasteiger partial charge in [-0.25, -0.2) is 4.39 Å². The first-order valence-electron chi connectivity index (χ1n) is 4.44. The van der Waals surface area contributed by atoms with Crippen molar-refractivity contribution in [2.45, 2.75) is 13.0 Å². The molecule has 3 heteroatoms. The predicted octanol–water partition coefficient (Wildman–Crippen LogP) is 3.10. The average Bonchev–Trinajstić information content (AvgIpc) is 2.20. The second-order valence-electron chi connectivity index (χ2n) is 3.08. The van der Waals surface area contributed by atoms with Gasteiger partial charge >= 0.3 is 0 Å². The van der Waals surface area contributed by atoms with E-state index in [1.165, 1.54) is 6.07 Å². The molecular formula is C11H13ClFN. The van der Waals surface area contributed by atoms with Crippen LogP contribution >= 0.6 is 11.6 Å². The lowest BCUT2D eigenvalue weighted by Gasteiger charge is -2.03. The third kappa shape index (κ3) is 2.82. The van der Waals surface area contributed by atoms with Gasteiger partial charge in [-0.15, -0.1) is 0 Å². The zero-order chi connectivity index (χ0) is 10.6. The van der Waals surface area contributed by atoms with Crippen LogP contribution in [-0.2, 0) is 0 Å². The van der Waals surface area contributed by atoms with Crippen molar-refractivity contribution in [1.82, 2.24) is 5.32 Å². The Balaban J connectivity index is 2.86. The molecule has 1 aromatic rings. The van der Waals surface area contributed by atoms with Gasteiger partial charge in [-0.2, -0.15) is 0 Å². The van der Waals surface area contributed by atoms with Gasteiger partial charge in [0.1, 0.15) is 5.82 Å². The number of halogens is 2. The number of hydrogen-bond donors (Lipinski definition) is 1. The topological polar surface area (TPSA) is 12.0 Å². The highest BCUT2D eigenvalue weighted by Gasteiger charge is 2.02. The molecule has 0 aliphatic carbocycles. The predicted molar refractivity (Wildman–Crippen MR) is 59.0 cm³/mol. The van der Waals surface area contributed by atoms with Gasteiger partial charge in [0.15, 0.2) is 0 Å². The van der Waals surface area contributed by atoms with Crippen molar-refractivity contribution < 1.29 is 4.39 Å². The number of nitrogens with one attached hydrogen (secondary N) is 1. The van der Waals surface area contributed by atoms with E-state index >= 15 is 0 Å². The van der Waals surface area contributed by atoms with Crippen LogP contribution in [-0.4, -0.2) is 13.1 Å². The lowest BCUT2D eigenvalue weighted by molar-refractivity contribution is 0.625. The minimum Gasteiger partial charge on any atom is -0.314 e. The summed E-state index contributed by atoms with van der Waals surface area (Å²) in [6, 6.07) is 5.18. The largest absolute Gasteiger partial charge is 0.314 e. The van der Waals surface area contributed by atoms with Gasteiger partial charge in [0.25, 0.3) is 0 Å². The Hall–Kier alpha value is -0.860. The summed E-state index contributed by atoms with van der Waals surface area (Å²) >= 11 is 5.64. The minimum absolute atomic E-state index is 0.157. The van der Waals surface area contributed by atoms with Crippen molar-refractivity contribution in [3.8, 4) is 0 Å². The summed E-state index contributed by atoms with van der Waals surface area (Å²) in [4.78, 5) is 0. The van der Waals surface area contributed by atoms with E-state index in [4.69, 9.17) is 11.6 Å². The highest BCUT2D eigenvalue weighted by Crippen LogP contribution is 2.18. The normalized spacial score (nSPS) is 13.4. The second kappa shape index (κ2) is 5.13. The van der Waals surface area contributed by atoms with Crippen LogP contribution in [0.25, 0.3) is 6.08 Å². The number of hydrogen-bond acceptors (Lipinski definition) is 1. The van der Waals surface area contributed by atoms with Crippen LogP contribution in [0.3, 0.4) is 0 Å². The Morgan fingerprint density at radius 2 is 2.21 bits per heavy atom. The van der Waals surface area contributed by atoms with Crippen molar-refractivity contribution in [1.29, 1.82) is 0 Å². The van der Waals surface area contributed by atoms with Crippen LogP contribution in [0.4, 0.5) is 4.39 Å². The van der Waals surface area contributed by atoms with Crippen molar-refractivity contribution in [2.75, 3.05) is 7.05 Å². The Morgan fingerprint density at radius 1 is 1.50 bits per heavy atom. The fraction of sp³-hybridized carbons (Fsp3) is 0.273. The van der Waals surface area contributed by atoms with E-state index < -0.39 is 0 Å². The molecule has 0 aliphatic rings. The lowest BCUT2D eigenvalue weighted by Crippen LogP contribution is -2.17. The van der Waals surface area contributed by atoms with Crippen molar-refractivity contribution in [3.63, 3.8) is 0 Å². The Morgan fingerprint density at radius 3 is 2.86 bits per heavy atom. The zero-order valence-corrected chi connectivity index (χ0v) is 8.98. The summed E-state index contributed by atoms with van der Waals surface area (Å²) in [6.45, 7) is 1.99. The Kier molecular flexibility index (Phi) is 4.11. The first-order chi connectivity index (χ1) is 6.65. The van der Waals surface area contributed by atoms with E-state index in [1.807, 2.05) is 20.0 Å². The summed E-state index contributed by atoms with van der Waals surface area (Å²) in [5.41, 5.74) is 0.514. The van der Waals surface area contributed by atoms with E-state index in [0.717, 1.165) is 0 Å². The molecule has 1 rings (SSSR count). The molecule has 0 spiro atoms. The molecule has 76 valence electrons. The van der Waals surface area contributed by atoms with E-state index in [0.29, 0.717) is 5.56 Å². The van der Waals surface area contributed by atoms with E-state index in [1.54, 1.807) is 18.2 Å². The molecule has 14 heavy (non-hydrogen) atoms. The summed E-state index contributed by atoms with van der Waals surface area (Å²) in [5.74, 6) is -0.367. The fourth-order valence-electron chi connectivity index (χ4n) is 0.993. The van der Waals surface area contributed by atoms with Gasteiger partial charge in [0.05, 0.1) is 5.02 Å². The van der Waals surface area contributed by atoms with Crippen LogP contribution < -0.4 is 5.32 Å². The molecule has 1 aromatic carbocycles. The quantitative estimate of drug-likeness (QED) is 0.814. The van der Waals surface area contributed by atoms with E-state index in [2.05, 4.69) is 5.32 Å². The first-order valence-corrected chi connectivity index (χ1v) is 4.82. The number of likely N-dealkylation sites (N-methyl/N-ethyl adjacent to an activating group) is 1. The van der Waals surface area contributed by atoms with Gasteiger partial charge in [0, 0.05) is 11.6 Å². The molecule has 0 bridgehead atoms. The highest BCUT2D eigenvalue weighted by atomic mass is 35.5. The Bertz CT molecular complexity index is 336. The van der Waals surface area contributed by atoms with Crippen LogP contribution in [0.5, 0.6) is 0 Å². The maximum Gasteiger partial charge on any atom is 0.148 e. The van der Waals surface area contributed by atoms with Gasteiger partial charge in [0.2, 0.25) is 0 Å². The lowest BCUT2D eigenvalue weighted by atomic mass is 10.1. The standard InChI is InChI=1S/C11H13ClFN/c1-8(14-2)6-7-9-4-3-5-10(12)11(9)13/h3-8,14H,1-2H3/b7-6+. The smallest absolute Gasteiger partial charge is 0.148 e. The van der Waals surface area contributed by atoms with E-state index in [9.17, 15) is 4.39 Å². The first kappa shape index (κ1) is 11.2. The monoisotopic (exact) mass is 213 g/mol. The third-order valence-corrected chi connectivity index (χ3v) is 2.29.